The summed E-state index contributed by atoms with van der Waals surface area (Å²) in [6.07, 6.45) is 0. The van der Waals surface area contributed by atoms with Crippen molar-refractivity contribution in [3.63, 3.8) is 0 Å². The second-order valence-electron chi connectivity index (χ2n) is 7.48. The van der Waals surface area contributed by atoms with Crippen LogP contribution in [0.1, 0.15) is 18.5 Å². The molecule has 7 heteroatoms. The van der Waals surface area contributed by atoms with E-state index in [1.54, 1.807) is 17.9 Å². The number of carbonyl (C=O) groups excluding carboxylic acids is 2. The third-order valence-corrected chi connectivity index (χ3v) is 5.96. The molecule has 0 N–H and O–H groups in total. The molecule has 6 nitrogen and oxygen atoms in total. The van der Waals surface area contributed by atoms with Crippen LogP contribution in [-0.2, 0) is 9.59 Å². The third kappa shape index (κ3) is 2.84. The maximum Gasteiger partial charge on any atom is 0.227 e. The quantitative estimate of drug-likeness (QED) is 0.753. The molecule has 0 bridgehead atoms. The number of piperazine rings is 1. The zero-order chi connectivity index (χ0) is 18.4. The lowest BCUT2D eigenvalue weighted by Gasteiger charge is -2.37. The third-order valence-electron chi connectivity index (χ3n) is 5.96. The fraction of sp³-hybridized carbons (Fsp3) is 0.579. The minimum absolute atomic E-state index is 0.00177. The summed E-state index contributed by atoms with van der Waals surface area (Å²) in [5.41, 5.74) is 0.834. The largest absolute Gasteiger partial charge is 0.493 e. The van der Waals surface area contributed by atoms with E-state index in [4.69, 9.17) is 4.74 Å². The number of likely N-dealkylation sites (tertiary alicyclic amines) is 1. The molecule has 2 saturated heterocycles. The summed E-state index contributed by atoms with van der Waals surface area (Å²) >= 11 is 0. The van der Waals surface area contributed by atoms with Crippen molar-refractivity contribution in [2.24, 2.45) is 11.8 Å². The molecule has 140 valence electrons. The molecule has 3 aliphatic heterocycles. The van der Waals surface area contributed by atoms with E-state index in [1.165, 1.54) is 12.1 Å². The van der Waals surface area contributed by atoms with Gasteiger partial charge in [-0.05, 0) is 25.2 Å². The Morgan fingerprint density at radius 3 is 2.54 bits per heavy atom. The van der Waals surface area contributed by atoms with Gasteiger partial charge in [0.25, 0.3) is 0 Å². The first-order valence-corrected chi connectivity index (χ1v) is 9.12. The second-order valence-corrected chi connectivity index (χ2v) is 7.48. The maximum atomic E-state index is 13.7. The zero-order valence-electron chi connectivity index (χ0n) is 15.2. The summed E-state index contributed by atoms with van der Waals surface area (Å²) < 4.78 is 19.6. The minimum atomic E-state index is -0.281. The molecule has 0 radical (unpaired) electrons. The number of fused-ring (bicyclic) bond motifs is 3. The van der Waals surface area contributed by atoms with Crippen LogP contribution in [0.15, 0.2) is 18.2 Å². The number of benzene rings is 1. The van der Waals surface area contributed by atoms with Gasteiger partial charge in [-0.2, -0.15) is 0 Å². The fourth-order valence-corrected chi connectivity index (χ4v) is 4.59. The lowest BCUT2D eigenvalue weighted by atomic mass is 9.84. The molecule has 0 aromatic heterocycles. The number of ether oxygens (including phenoxy) is 1. The van der Waals surface area contributed by atoms with E-state index in [0.29, 0.717) is 45.1 Å². The van der Waals surface area contributed by atoms with Crippen molar-refractivity contribution in [1.82, 2.24) is 14.7 Å². The highest BCUT2D eigenvalue weighted by atomic mass is 19.1. The number of hydrogen-bond donors (Lipinski definition) is 0. The van der Waals surface area contributed by atoms with Crippen molar-refractivity contribution in [1.29, 1.82) is 0 Å². The Morgan fingerprint density at radius 2 is 1.85 bits per heavy atom. The highest BCUT2D eigenvalue weighted by Gasteiger charge is 2.49. The van der Waals surface area contributed by atoms with E-state index in [9.17, 15) is 14.0 Å². The van der Waals surface area contributed by atoms with Gasteiger partial charge in [-0.15, -0.1) is 0 Å². The van der Waals surface area contributed by atoms with Crippen molar-refractivity contribution in [2.75, 3.05) is 46.4 Å². The van der Waals surface area contributed by atoms with E-state index in [0.717, 1.165) is 5.56 Å². The second kappa shape index (κ2) is 6.54. The number of rotatable bonds is 1. The van der Waals surface area contributed by atoms with Gasteiger partial charge in [-0.25, -0.2) is 4.39 Å². The Kier molecular flexibility index (Phi) is 4.34. The molecular formula is C19H24FN3O3. The van der Waals surface area contributed by atoms with Crippen LogP contribution in [0.2, 0.25) is 0 Å². The number of amides is 2. The normalized spacial score (nSPS) is 28.3. The topological polar surface area (TPSA) is 53.1 Å². The van der Waals surface area contributed by atoms with Crippen molar-refractivity contribution in [3.8, 4) is 5.75 Å². The van der Waals surface area contributed by atoms with E-state index in [-0.39, 0.29) is 35.5 Å². The zero-order valence-corrected chi connectivity index (χ0v) is 15.2. The van der Waals surface area contributed by atoms with Gasteiger partial charge in [0, 0.05) is 57.2 Å². The minimum Gasteiger partial charge on any atom is -0.493 e. The Balaban J connectivity index is 1.51. The van der Waals surface area contributed by atoms with Crippen LogP contribution in [0.3, 0.4) is 0 Å². The molecule has 2 amide bonds. The smallest absolute Gasteiger partial charge is 0.227 e. The standard InChI is InChI=1S/C19H24FN3O3/c1-12(24)22-5-7-23(8-6-22)19(25)15-10-21(2)18-14-9-13(20)3-4-17(14)26-11-16(15)18/h3-4,9,15-16,18H,5-8,10-11H2,1-2H3/t15-,16+,18+/m1/s1. The van der Waals surface area contributed by atoms with Gasteiger partial charge >= 0.3 is 0 Å². The number of hydrogen-bond acceptors (Lipinski definition) is 4. The average Bonchev–Trinajstić information content (AvgIpc) is 2.98. The Labute approximate surface area is 152 Å². The first-order chi connectivity index (χ1) is 12.5. The van der Waals surface area contributed by atoms with Crippen molar-refractivity contribution in [2.45, 2.75) is 13.0 Å². The molecule has 2 fully saturated rings. The summed E-state index contributed by atoms with van der Waals surface area (Å²) in [7, 11) is 1.98. The number of carbonyl (C=O) groups is 2. The Bertz CT molecular complexity index is 733. The van der Waals surface area contributed by atoms with Gasteiger partial charge in [0.15, 0.2) is 0 Å². The van der Waals surface area contributed by atoms with Gasteiger partial charge in [0.05, 0.1) is 12.5 Å². The molecule has 3 atom stereocenters. The lowest BCUT2D eigenvalue weighted by molar-refractivity contribution is -0.142. The van der Waals surface area contributed by atoms with Crippen LogP contribution >= 0.6 is 0 Å². The molecule has 0 unspecified atom stereocenters. The van der Waals surface area contributed by atoms with Crippen LogP contribution in [-0.4, -0.2) is 72.9 Å². The first kappa shape index (κ1) is 17.3. The number of halogens is 1. The predicted octanol–water partition coefficient (Wildman–Crippen LogP) is 1.13. The predicted molar refractivity (Wildman–Crippen MR) is 93.1 cm³/mol. The molecule has 3 aliphatic rings. The van der Waals surface area contributed by atoms with Crippen LogP contribution in [0, 0.1) is 17.7 Å². The van der Waals surface area contributed by atoms with Gasteiger partial charge < -0.3 is 14.5 Å². The molecule has 0 aliphatic carbocycles. The van der Waals surface area contributed by atoms with Crippen molar-refractivity contribution < 1.29 is 18.7 Å². The molecule has 1 aromatic carbocycles. The van der Waals surface area contributed by atoms with Gasteiger partial charge in [-0.1, -0.05) is 0 Å². The summed E-state index contributed by atoms with van der Waals surface area (Å²) in [5, 5.41) is 0. The van der Waals surface area contributed by atoms with Crippen LogP contribution in [0.25, 0.3) is 0 Å². The molecule has 3 heterocycles. The molecule has 1 aromatic rings. The highest BCUT2D eigenvalue weighted by Crippen LogP contribution is 2.47. The first-order valence-electron chi connectivity index (χ1n) is 9.12. The summed E-state index contributed by atoms with van der Waals surface area (Å²) in [6, 6.07) is 4.61. The van der Waals surface area contributed by atoms with Gasteiger partial charge in [0.2, 0.25) is 11.8 Å². The SMILES string of the molecule is CC(=O)N1CCN(C(=O)[C@@H]2CN(C)[C@H]3c4cc(F)ccc4OC[C@@H]23)CC1. The Hall–Kier alpha value is -2.15. The average molecular weight is 361 g/mol. The van der Waals surface area contributed by atoms with Gasteiger partial charge in [0.1, 0.15) is 11.6 Å². The molecule has 0 spiro atoms. The summed E-state index contributed by atoms with van der Waals surface area (Å²) in [5.74, 6) is 0.463. The lowest BCUT2D eigenvalue weighted by Crippen LogP contribution is -2.52. The maximum absolute atomic E-state index is 13.7. The molecule has 0 saturated carbocycles. The molecule has 4 rings (SSSR count). The van der Waals surface area contributed by atoms with E-state index in [1.807, 2.05) is 11.9 Å². The van der Waals surface area contributed by atoms with Crippen LogP contribution in [0.5, 0.6) is 5.75 Å². The monoisotopic (exact) mass is 361 g/mol. The van der Waals surface area contributed by atoms with Crippen molar-refractivity contribution in [3.05, 3.63) is 29.6 Å². The van der Waals surface area contributed by atoms with Crippen LogP contribution in [0.4, 0.5) is 4.39 Å². The molecular weight excluding hydrogens is 337 g/mol. The Morgan fingerprint density at radius 1 is 1.15 bits per heavy atom. The fourth-order valence-electron chi connectivity index (χ4n) is 4.59. The van der Waals surface area contributed by atoms with E-state index >= 15 is 0 Å². The van der Waals surface area contributed by atoms with E-state index < -0.39 is 0 Å². The molecule has 26 heavy (non-hydrogen) atoms. The van der Waals surface area contributed by atoms with Crippen molar-refractivity contribution >= 4 is 11.8 Å². The summed E-state index contributed by atoms with van der Waals surface area (Å²) in [4.78, 5) is 30.4. The van der Waals surface area contributed by atoms with Crippen LogP contribution < -0.4 is 4.74 Å². The van der Waals surface area contributed by atoms with Gasteiger partial charge in [-0.3, -0.25) is 14.5 Å². The highest BCUT2D eigenvalue weighted by molar-refractivity contribution is 5.81. The summed E-state index contributed by atoms with van der Waals surface area (Å²) in [6.45, 7) is 4.98. The van der Waals surface area contributed by atoms with E-state index in [2.05, 4.69) is 4.90 Å². The number of nitrogens with zero attached hydrogens (tertiary/aromatic N) is 3.